The SMILES string of the molecule is CN1CCOC(Cn2ccc3cc(CO)ccc32)C1. The highest BCUT2D eigenvalue weighted by molar-refractivity contribution is 5.80. The molecule has 0 spiro atoms. The van der Waals surface area contributed by atoms with Gasteiger partial charge in [-0.2, -0.15) is 0 Å². The predicted octanol–water partition coefficient (Wildman–Crippen LogP) is 1.46. The molecule has 1 aliphatic rings. The molecule has 19 heavy (non-hydrogen) atoms. The standard InChI is InChI=1S/C15H20N2O2/c1-16-6-7-19-14(9-16)10-17-5-4-13-8-12(11-18)2-3-15(13)17/h2-5,8,14,18H,6-7,9-11H2,1H3. The van der Waals surface area contributed by atoms with Crippen LogP contribution in [-0.2, 0) is 17.9 Å². The van der Waals surface area contributed by atoms with Crippen LogP contribution in [0.25, 0.3) is 10.9 Å². The highest BCUT2D eigenvalue weighted by Gasteiger charge is 2.18. The Morgan fingerprint density at radius 1 is 1.37 bits per heavy atom. The van der Waals surface area contributed by atoms with Crippen LogP contribution in [0.1, 0.15) is 5.56 Å². The Morgan fingerprint density at radius 2 is 2.26 bits per heavy atom. The zero-order valence-corrected chi connectivity index (χ0v) is 11.2. The predicted molar refractivity (Wildman–Crippen MR) is 75.1 cm³/mol. The number of morpholine rings is 1. The molecule has 2 heterocycles. The fourth-order valence-electron chi connectivity index (χ4n) is 2.70. The molecule has 0 saturated carbocycles. The van der Waals surface area contributed by atoms with Crippen molar-refractivity contribution in [2.45, 2.75) is 19.3 Å². The van der Waals surface area contributed by atoms with E-state index >= 15 is 0 Å². The van der Waals surface area contributed by atoms with Gasteiger partial charge in [0.1, 0.15) is 0 Å². The second-order valence-electron chi connectivity index (χ2n) is 5.27. The minimum Gasteiger partial charge on any atom is -0.392 e. The van der Waals surface area contributed by atoms with Gasteiger partial charge in [0.15, 0.2) is 0 Å². The Balaban J connectivity index is 1.81. The smallest absolute Gasteiger partial charge is 0.0881 e. The largest absolute Gasteiger partial charge is 0.392 e. The number of hydrogen-bond acceptors (Lipinski definition) is 3. The lowest BCUT2D eigenvalue weighted by atomic mass is 10.2. The molecule has 1 N–H and O–H groups in total. The molecule has 1 aromatic heterocycles. The summed E-state index contributed by atoms with van der Waals surface area (Å²) in [6.45, 7) is 3.79. The second-order valence-corrected chi connectivity index (χ2v) is 5.27. The van der Waals surface area contributed by atoms with E-state index in [-0.39, 0.29) is 12.7 Å². The molecule has 102 valence electrons. The maximum atomic E-state index is 9.16. The number of likely N-dealkylation sites (N-methyl/N-ethyl adjacent to an activating group) is 1. The molecular formula is C15H20N2O2. The number of fused-ring (bicyclic) bond motifs is 1. The number of nitrogens with zero attached hydrogens (tertiary/aromatic N) is 2. The number of aliphatic hydroxyl groups is 1. The van der Waals surface area contributed by atoms with Gasteiger partial charge in [-0.05, 0) is 36.2 Å². The van der Waals surface area contributed by atoms with Gasteiger partial charge in [-0.15, -0.1) is 0 Å². The van der Waals surface area contributed by atoms with Gasteiger partial charge in [0.25, 0.3) is 0 Å². The third-order valence-corrected chi connectivity index (χ3v) is 3.76. The van der Waals surface area contributed by atoms with Crippen LogP contribution in [0.2, 0.25) is 0 Å². The van der Waals surface area contributed by atoms with E-state index in [1.807, 2.05) is 12.1 Å². The van der Waals surface area contributed by atoms with Crippen molar-refractivity contribution < 1.29 is 9.84 Å². The molecule has 1 aliphatic heterocycles. The molecule has 4 nitrogen and oxygen atoms in total. The molecule has 4 heteroatoms. The van der Waals surface area contributed by atoms with Gasteiger partial charge in [-0.1, -0.05) is 6.07 Å². The Hall–Kier alpha value is -1.36. The van der Waals surface area contributed by atoms with Crippen molar-refractivity contribution >= 4 is 10.9 Å². The van der Waals surface area contributed by atoms with Crippen molar-refractivity contribution in [1.82, 2.24) is 9.47 Å². The summed E-state index contributed by atoms with van der Waals surface area (Å²) in [5, 5.41) is 10.3. The molecule has 1 saturated heterocycles. The molecule has 3 rings (SSSR count). The fourth-order valence-corrected chi connectivity index (χ4v) is 2.70. The third-order valence-electron chi connectivity index (χ3n) is 3.76. The van der Waals surface area contributed by atoms with Crippen molar-refractivity contribution in [3.05, 3.63) is 36.0 Å². The molecule has 1 aromatic carbocycles. The summed E-state index contributed by atoms with van der Waals surface area (Å²) in [6.07, 6.45) is 2.36. The van der Waals surface area contributed by atoms with Crippen LogP contribution < -0.4 is 0 Å². The van der Waals surface area contributed by atoms with Crippen LogP contribution in [0.5, 0.6) is 0 Å². The lowest BCUT2D eigenvalue weighted by Gasteiger charge is -2.30. The first-order chi connectivity index (χ1) is 9.26. The first-order valence-corrected chi connectivity index (χ1v) is 6.75. The lowest BCUT2D eigenvalue weighted by Crippen LogP contribution is -2.41. The van der Waals surface area contributed by atoms with Gasteiger partial charge in [0.2, 0.25) is 0 Å². The van der Waals surface area contributed by atoms with Crippen LogP contribution in [-0.4, -0.2) is 47.4 Å². The van der Waals surface area contributed by atoms with Gasteiger partial charge in [-0.25, -0.2) is 0 Å². The summed E-state index contributed by atoms with van der Waals surface area (Å²) in [5.41, 5.74) is 2.16. The maximum absolute atomic E-state index is 9.16. The Labute approximate surface area is 113 Å². The minimum atomic E-state index is 0.0949. The number of ether oxygens (including phenoxy) is 1. The van der Waals surface area contributed by atoms with Crippen LogP contribution in [0.3, 0.4) is 0 Å². The summed E-state index contributed by atoms with van der Waals surface area (Å²) in [4.78, 5) is 2.31. The third kappa shape index (κ3) is 2.66. The highest BCUT2D eigenvalue weighted by Crippen LogP contribution is 2.19. The van der Waals surface area contributed by atoms with Gasteiger partial charge in [-0.3, -0.25) is 0 Å². The van der Waals surface area contributed by atoms with Crippen molar-refractivity contribution in [1.29, 1.82) is 0 Å². The van der Waals surface area contributed by atoms with E-state index < -0.39 is 0 Å². The van der Waals surface area contributed by atoms with Gasteiger partial charge in [0.05, 0.1) is 25.9 Å². The number of rotatable bonds is 3. The van der Waals surface area contributed by atoms with E-state index in [4.69, 9.17) is 9.84 Å². The van der Waals surface area contributed by atoms with Crippen molar-refractivity contribution in [2.75, 3.05) is 26.7 Å². The van der Waals surface area contributed by atoms with Gasteiger partial charge in [0, 0.05) is 24.8 Å². The number of hydrogen-bond donors (Lipinski definition) is 1. The average molecular weight is 260 g/mol. The van der Waals surface area contributed by atoms with E-state index in [2.05, 4.69) is 34.8 Å². The van der Waals surface area contributed by atoms with Crippen LogP contribution in [0.4, 0.5) is 0 Å². The zero-order valence-electron chi connectivity index (χ0n) is 11.2. The van der Waals surface area contributed by atoms with Crippen molar-refractivity contribution in [3.8, 4) is 0 Å². The molecule has 0 bridgehead atoms. The minimum absolute atomic E-state index is 0.0949. The van der Waals surface area contributed by atoms with E-state index in [9.17, 15) is 0 Å². The second kappa shape index (κ2) is 5.33. The first-order valence-electron chi connectivity index (χ1n) is 6.75. The molecule has 0 aliphatic carbocycles. The van der Waals surface area contributed by atoms with E-state index in [1.54, 1.807) is 0 Å². The normalized spacial score (nSPS) is 21.1. The number of benzene rings is 1. The highest BCUT2D eigenvalue weighted by atomic mass is 16.5. The molecule has 2 aromatic rings. The molecule has 1 fully saturated rings. The molecule has 1 atom stereocenters. The van der Waals surface area contributed by atoms with Crippen LogP contribution in [0, 0.1) is 0 Å². The quantitative estimate of drug-likeness (QED) is 0.908. The number of aromatic nitrogens is 1. The number of aliphatic hydroxyl groups excluding tert-OH is 1. The zero-order chi connectivity index (χ0) is 13.2. The van der Waals surface area contributed by atoms with Gasteiger partial charge >= 0.3 is 0 Å². The topological polar surface area (TPSA) is 37.6 Å². The fraction of sp³-hybridized carbons (Fsp3) is 0.467. The molecule has 1 unspecified atom stereocenters. The monoisotopic (exact) mass is 260 g/mol. The van der Waals surface area contributed by atoms with Gasteiger partial charge < -0.3 is 19.3 Å². The Morgan fingerprint density at radius 3 is 3.05 bits per heavy atom. The summed E-state index contributed by atoms with van der Waals surface area (Å²) in [6, 6.07) is 8.20. The van der Waals surface area contributed by atoms with Crippen LogP contribution >= 0.6 is 0 Å². The summed E-state index contributed by atoms with van der Waals surface area (Å²) in [7, 11) is 2.14. The van der Waals surface area contributed by atoms with Crippen LogP contribution in [0.15, 0.2) is 30.5 Å². The molecule has 0 amide bonds. The maximum Gasteiger partial charge on any atom is 0.0881 e. The Bertz CT molecular complexity index is 564. The van der Waals surface area contributed by atoms with Crippen molar-refractivity contribution in [2.24, 2.45) is 0 Å². The Kier molecular flexibility index (Phi) is 3.55. The summed E-state index contributed by atoms with van der Waals surface area (Å²) < 4.78 is 8.05. The molecular weight excluding hydrogens is 240 g/mol. The summed E-state index contributed by atoms with van der Waals surface area (Å²) in [5.74, 6) is 0. The van der Waals surface area contributed by atoms with E-state index in [1.165, 1.54) is 10.9 Å². The molecule has 0 radical (unpaired) electrons. The van der Waals surface area contributed by atoms with E-state index in [0.29, 0.717) is 0 Å². The van der Waals surface area contributed by atoms with E-state index in [0.717, 1.165) is 31.8 Å². The first kappa shape index (κ1) is 12.7. The summed E-state index contributed by atoms with van der Waals surface area (Å²) >= 11 is 0. The van der Waals surface area contributed by atoms with Crippen molar-refractivity contribution in [3.63, 3.8) is 0 Å². The lowest BCUT2D eigenvalue weighted by molar-refractivity contribution is -0.0269. The average Bonchev–Trinajstić information content (AvgIpc) is 2.81.